The second-order valence-electron chi connectivity index (χ2n) is 3.34. The van der Waals surface area contributed by atoms with Crippen LogP contribution in [-0.2, 0) is 11.3 Å². The number of ether oxygens (including phenoxy) is 1. The normalized spacial score (nSPS) is 20.3. The summed E-state index contributed by atoms with van der Waals surface area (Å²) >= 11 is 0. The molecule has 1 N–H and O–H groups in total. The van der Waals surface area contributed by atoms with E-state index in [4.69, 9.17) is 4.74 Å². The lowest BCUT2D eigenvalue weighted by Crippen LogP contribution is -1.95. The van der Waals surface area contributed by atoms with Crippen LogP contribution in [0.15, 0.2) is 6.20 Å². The molecule has 0 fully saturated rings. The van der Waals surface area contributed by atoms with Crippen LogP contribution in [0.25, 0.3) is 0 Å². The predicted molar refractivity (Wildman–Crippen MR) is 48.5 cm³/mol. The average Bonchev–Trinajstić information content (AvgIpc) is 2.55. The molecule has 3 nitrogen and oxygen atoms in total. The molecule has 0 aromatic carbocycles. The van der Waals surface area contributed by atoms with Crippen molar-refractivity contribution in [3.8, 4) is 5.75 Å². The van der Waals surface area contributed by atoms with E-state index in [0.717, 1.165) is 17.5 Å². The fraction of sp³-hybridized carbons (Fsp3) is 0.500. The minimum absolute atomic E-state index is 0.0525. The van der Waals surface area contributed by atoms with Crippen LogP contribution in [0, 0.1) is 6.92 Å². The SMILES string of the molecule is CCC1OCc2cnc(C)c(O)c21. The molecule has 0 radical (unpaired) electrons. The molecule has 2 rings (SSSR count). The maximum atomic E-state index is 9.78. The summed E-state index contributed by atoms with van der Waals surface area (Å²) in [4.78, 5) is 4.09. The maximum Gasteiger partial charge on any atom is 0.142 e. The quantitative estimate of drug-likeness (QED) is 0.717. The van der Waals surface area contributed by atoms with E-state index in [2.05, 4.69) is 11.9 Å². The number of fused-ring (bicyclic) bond motifs is 1. The van der Waals surface area contributed by atoms with Crippen molar-refractivity contribution in [3.63, 3.8) is 0 Å². The Morgan fingerprint density at radius 2 is 2.46 bits per heavy atom. The molecule has 0 bridgehead atoms. The molecule has 13 heavy (non-hydrogen) atoms. The highest BCUT2D eigenvalue weighted by Gasteiger charge is 2.26. The third kappa shape index (κ3) is 1.20. The summed E-state index contributed by atoms with van der Waals surface area (Å²) in [6.07, 6.45) is 2.74. The Balaban J connectivity index is 2.54. The van der Waals surface area contributed by atoms with Gasteiger partial charge in [-0.1, -0.05) is 6.92 Å². The summed E-state index contributed by atoms with van der Waals surface area (Å²) in [6, 6.07) is 0. The molecule has 2 heterocycles. The van der Waals surface area contributed by atoms with Gasteiger partial charge in [-0.25, -0.2) is 0 Å². The monoisotopic (exact) mass is 179 g/mol. The summed E-state index contributed by atoms with van der Waals surface area (Å²) in [7, 11) is 0. The molecule has 1 atom stereocenters. The lowest BCUT2D eigenvalue weighted by atomic mass is 10.0. The fourth-order valence-corrected chi connectivity index (χ4v) is 1.72. The van der Waals surface area contributed by atoms with Crippen molar-refractivity contribution in [2.75, 3.05) is 0 Å². The van der Waals surface area contributed by atoms with Crippen molar-refractivity contribution >= 4 is 0 Å². The number of nitrogens with zero attached hydrogens (tertiary/aromatic N) is 1. The van der Waals surface area contributed by atoms with Gasteiger partial charge in [-0.3, -0.25) is 4.98 Å². The van der Waals surface area contributed by atoms with Gasteiger partial charge in [-0.15, -0.1) is 0 Å². The van der Waals surface area contributed by atoms with E-state index in [1.165, 1.54) is 0 Å². The highest BCUT2D eigenvalue weighted by atomic mass is 16.5. The third-order valence-corrected chi connectivity index (χ3v) is 2.49. The zero-order valence-corrected chi connectivity index (χ0v) is 7.87. The lowest BCUT2D eigenvalue weighted by Gasteiger charge is -2.10. The lowest BCUT2D eigenvalue weighted by molar-refractivity contribution is 0.0626. The van der Waals surface area contributed by atoms with Crippen LogP contribution in [-0.4, -0.2) is 10.1 Å². The van der Waals surface area contributed by atoms with Crippen LogP contribution < -0.4 is 0 Å². The van der Waals surface area contributed by atoms with Gasteiger partial charge in [0.1, 0.15) is 5.75 Å². The number of rotatable bonds is 1. The Labute approximate surface area is 77.4 Å². The van der Waals surface area contributed by atoms with Gasteiger partial charge in [-0.05, 0) is 13.3 Å². The second-order valence-corrected chi connectivity index (χ2v) is 3.34. The van der Waals surface area contributed by atoms with Gasteiger partial charge >= 0.3 is 0 Å². The Hall–Kier alpha value is -1.09. The second kappa shape index (κ2) is 3.00. The highest BCUT2D eigenvalue weighted by molar-refractivity contribution is 5.43. The number of aromatic hydroxyl groups is 1. The highest BCUT2D eigenvalue weighted by Crippen LogP contribution is 2.39. The largest absolute Gasteiger partial charge is 0.506 e. The van der Waals surface area contributed by atoms with Crippen LogP contribution >= 0.6 is 0 Å². The topological polar surface area (TPSA) is 42.4 Å². The van der Waals surface area contributed by atoms with Gasteiger partial charge in [0, 0.05) is 17.3 Å². The van der Waals surface area contributed by atoms with Crippen molar-refractivity contribution in [2.45, 2.75) is 33.0 Å². The van der Waals surface area contributed by atoms with Crippen LogP contribution in [0.1, 0.15) is 36.3 Å². The zero-order valence-electron chi connectivity index (χ0n) is 7.87. The summed E-state index contributed by atoms with van der Waals surface area (Å²) in [5, 5.41) is 9.78. The summed E-state index contributed by atoms with van der Waals surface area (Å²) < 4.78 is 5.51. The molecule has 0 aliphatic carbocycles. The third-order valence-electron chi connectivity index (χ3n) is 2.49. The first-order valence-electron chi connectivity index (χ1n) is 4.53. The van der Waals surface area contributed by atoms with E-state index in [1.54, 1.807) is 13.1 Å². The van der Waals surface area contributed by atoms with Crippen molar-refractivity contribution in [1.82, 2.24) is 4.98 Å². The van der Waals surface area contributed by atoms with E-state index >= 15 is 0 Å². The van der Waals surface area contributed by atoms with Gasteiger partial charge in [0.05, 0.1) is 18.4 Å². The molecule has 70 valence electrons. The standard InChI is InChI=1S/C10H13NO2/c1-3-8-9-7(5-13-8)4-11-6(2)10(9)12/h4,8,12H,3,5H2,1-2H3. The first kappa shape index (κ1) is 8.51. The molecule has 0 saturated heterocycles. The molecular formula is C10H13NO2. The van der Waals surface area contributed by atoms with Crippen LogP contribution in [0.5, 0.6) is 5.75 Å². The smallest absolute Gasteiger partial charge is 0.142 e. The minimum Gasteiger partial charge on any atom is -0.506 e. The molecule has 1 aliphatic rings. The van der Waals surface area contributed by atoms with Crippen molar-refractivity contribution in [1.29, 1.82) is 0 Å². The first-order valence-corrected chi connectivity index (χ1v) is 4.53. The predicted octanol–water partition coefficient (Wildman–Crippen LogP) is 2.08. The maximum absolute atomic E-state index is 9.78. The van der Waals surface area contributed by atoms with E-state index in [1.807, 2.05) is 0 Å². The molecule has 1 unspecified atom stereocenters. The summed E-state index contributed by atoms with van der Waals surface area (Å²) in [5.74, 6) is 0.307. The van der Waals surface area contributed by atoms with Gasteiger partial charge in [0.25, 0.3) is 0 Å². The molecule has 0 amide bonds. The van der Waals surface area contributed by atoms with Gasteiger partial charge in [0.15, 0.2) is 0 Å². The van der Waals surface area contributed by atoms with Crippen molar-refractivity contribution < 1.29 is 9.84 Å². The van der Waals surface area contributed by atoms with Crippen LogP contribution in [0.2, 0.25) is 0 Å². The van der Waals surface area contributed by atoms with Crippen LogP contribution in [0.3, 0.4) is 0 Å². The van der Waals surface area contributed by atoms with E-state index in [0.29, 0.717) is 18.1 Å². The fourth-order valence-electron chi connectivity index (χ4n) is 1.72. The molecule has 0 saturated carbocycles. The van der Waals surface area contributed by atoms with E-state index < -0.39 is 0 Å². The number of pyridine rings is 1. The Bertz CT molecular complexity index is 336. The van der Waals surface area contributed by atoms with Gasteiger partial charge < -0.3 is 9.84 Å². The Morgan fingerprint density at radius 1 is 1.69 bits per heavy atom. The Morgan fingerprint density at radius 3 is 3.15 bits per heavy atom. The minimum atomic E-state index is 0.0525. The number of aromatic nitrogens is 1. The molecule has 1 aromatic heterocycles. The average molecular weight is 179 g/mol. The number of aryl methyl sites for hydroxylation is 1. The zero-order chi connectivity index (χ0) is 9.42. The summed E-state index contributed by atoms with van der Waals surface area (Å²) in [5.41, 5.74) is 2.65. The molecular weight excluding hydrogens is 166 g/mol. The van der Waals surface area contributed by atoms with Crippen molar-refractivity contribution in [2.24, 2.45) is 0 Å². The summed E-state index contributed by atoms with van der Waals surface area (Å²) in [6.45, 7) is 4.43. The molecule has 0 spiro atoms. The van der Waals surface area contributed by atoms with Crippen molar-refractivity contribution in [3.05, 3.63) is 23.0 Å². The molecule has 1 aliphatic heterocycles. The molecule has 3 heteroatoms. The van der Waals surface area contributed by atoms with Gasteiger partial charge in [-0.2, -0.15) is 0 Å². The Kier molecular flexibility index (Phi) is 1.96. The van der Waals surface area contributed by atoms with E-state index in [9.17, 15) is 5.11 Å². The molecule has 1 aromatic rings. The van der Waals surface area contributed by atoms with E-state index in [-0.39, 0.29) is 6.10 Å². The van der Waals surface area contributed by atoms with Gasteiger partial charge in [0.2, 0.25) is 0 Å². The number of hydrogen-bond acceptors (Lipinski definition) is 3. The van der Waals surface area contributed by atoms with Crippen LogP contribution in [0.4, 0.5) is 0 Å². The first-order chi connectivity index (χ1) is 6.24. The number of hydrogen-bond donors (Lipinski definition) is 1.